The van der Waals surface area contributed by atoms with Crippen LogP contribution in [0, 0.1) is 11.0 Å². The van der Waals surface area contributed by atoms with Crippen LogP contribution in [-0.4, -0.2) is 31.3 Å². The van der Waals surface area contributed by atoms with Crippen molar-refractivity contribution in [3.8, 4) is 0 Å². The molecule has 0 saturated heterocycles. The minimum atomic E-state index is -3.34. The summed E-state index contributed by atoms with van der Waals surface area (Å²) < 4.78 is 36.4. The normalized spacial score (nSPS) is 18.4. The van der Waals surface area contributed by atoms with E-state index in [-0.39, 0.29) is 29.1 Å². The van der Waals surface area contributed by atoms with Crippen molar-refractivity contribution in [3.63, 3.8) is 0 Å². The summed E-state index contributed by atoms with van der Waals surface area (Å²) in [5.41, 5.74) is 0.649. The molecule has 9 heteroatoms. The van der Waals surface area contributed by atoms with Crippen LogP contribution >= 0.6 is 11.3 Å². The molecule has 0 spiro atoms. The molecule has 1 N–H and O–H groups in total. The molecule has 1 aromatic heterocycles. The highest BCUT2D eigenvalue weighted by Gasteiger charge is 2.30. The molecule has 1 aliphatic rings. The topological polar surface area (TPSA) is 93.2 Å². The average Bonchev–Trinajstić information content (AvgIpc) is 3.20. The summed E-state index contributed by atoms with van der Waals surface area (Å²) in [4.78, 5) is 28.3. The van der Waals surface area contributed by atoms with Gasteiger partial charge >= 0.3 is 0 Å². The zero-order chi connectivity index (χ0) is 19.6. The molecule has 146 valence electrons. The summed E-state index contributed by atoms with van der Waals surface area (Å²) in [7, 11) is -3.34. The van der Waals surface area contributed by atoms with Crippen LogP contribution < -0.4 is 5.32 Å². The van der Waals surface area contributed by atoms with Crippen LogP contribution in [0.5, 0.6) is 0 Å². The fraction of sp³-hybridized carbons (Fsp3) is 0.389. The molecule has 2 aromatic rings. The standard InChI is InChI=1S/C18H19FN2O4S2.H2/c1-27(24,25)14-6-3-12(4-7-14)15(9-11-2-5-13(22)8-11)17(23)21-18-20-10-16(19)26-18;/h3-4,6-7,10-11,15H,2,5,8-9H2,1H3,(H,20,21,23);1H/t11-,15+;/m0./s1. The maximum atomic E-state index is 13.1. The molecule has 1 fully saturated rings. The van der Waals surface area contributed by atoms with Gasteiger partial charge in [-0.3, -0.25) is 9.59 Å². The largest absolute Gasteiger partial charge is 0.301 e. The first-order valence-corrected chi connectivity index (χ1v) is 11.2. The fourth-order valence-electron chi connectivity index (χ4n) is 3.27. The van der Waals surface area contributed by atoms with Gasteiger partial charge in [0.1, 0.15) is 5.78 Å². The molecule has 1 saturated carbocycles. The van der Waals surface area contributed by atoms with Crippen LogP contribution in [0.4, 0.5) is 9.52 Å². The third-order valence-electron chi connectivity index (χ3n) is 4.65. The van der Waals surface area contributed by atoms with E-state index in [0.29, 0.717) is 24.8 Å². The molecule has 2 atom stereocenters. The average molecular weight is 413 g/mol. The van der Waals surface area contributed by atoms with Gasteiger partial charge in [0.25, 0.3) is 0 Å². The number of thiazole rings is 1. The number of rotatable bonds is 6. The van der Waals surface area contributed by atoms with Gasteiger partial charge in [0.15, 0.2) is 20.1 Å². The molecule has 0 unspecified atom stereocenters. The van der Waals surface area contributed by atoms with E-state index in [1.807, 2.05) is 0 Å². The van der Waals surface area contributed by atoms with Gasteiger partial charge in [0.2, 0.25) is 5.91 Å². The zero-order valence-electron chi connectivity index (χ0n) is 14.6. The predicted octanol–water partition coefficient (Wildman–Crippen LogP) is 3.41. The number of carbonyl (C=O) groups excluding carboxylic acids is 2. The molecule has 0 aliphatic heterocycles. The number of halogens is 1. The molecule has 1 heterocycles. The second kappa shape index (κ2) is 7.85. The summed E-state index contributed by atoms with van der Waals surface area (Å²) >= 11 is 0.734. The van der Waals surface area contributed by atoms with E-state index in [2.05, 4.69) is 10.3 Å². The molecule has 0 radical (unpaired) electrons. The maximum absolute atomic E-state index is 13.1. The van der Waals surface area contributed by atoms with Gasteiger partial charge in [0, 0.05) is 20.5 Å². The fourth-order valence-corrected chi connectivity index (χ4v) is 4.45. The van der Waals surface area contributed by atoms with Crippen molar-refractivity contribution < 1.29 is 23.8 Å². The minimum Gasteiger partial charge on any atom is -0.301 e. The number of amides is 1. The number of hydrogen-bond donors (Lipinski definition) is 1. The van der Waals surface area contributed by atoms with Crippen LogP contribution in [0.2, 0.25) is 0 Å². The molecule has 1 amide bonds. The van der Waals surface area contributed by atoms with Crippen molar-refractivity contribution in [2.45, 2.75) is 36.5 Å². The number of nitrogens with zero attached hydrogens (tertiary/aromatic N) is 1. The van der Waals surface area contributed by atoms with Crippen molar-refractivity contribution in [2.75, 3.05) is 11.6 Å². The Hall–Kier alpha value is -2.13. The van der Waals surface area contributed by atoms with Gasteiger partial charge in [-0.25, -0.2) is 13.4 Å². The SMILES string of the molecule is CS(=O)(=O)c1ccc([C@@H](C[C@H]2CCC(=O)C2)C(=O)Nc2ncc(F)s2)cc1.[HH]. The van der Waals surface area contributed by atoms with Gasteiger partial charge in [-0.1, -0.05) is 23.5 Å². The molecule has 0 bridgehead atoms. The number of hydrogen-bond acceptors (Lipinski definition) is 6. The van der Waals surface area contributed by atoms with Crippen molar-refractivity contribution in [1.82, 2.24) is 4.98 Å². The van der Waals surface area contributed by atoms with Gasteiger partial charge in [0.05, 0.1) is 17.0 Å². The van der Waals surface area contributed by atoms with Crippen molar-refractivity contribution in [3.05, 3.63) is 41.2 Å². The van der Waals surface area contributed by atoms with Crippen LogP contribution in [0.15, 0.2) is 35.4 Å². The van der Waals surface area contributed by atoms with Crippen LogP contribution in [0.1, 0.15) is 38.6 Å². The Bertz CT molecular complexity index is 960. The lowest BCUT2D eigenvalue weighted by Gasteiger charge is -2.20. The van der Waals surface area contributed by atoms with Crippen molar-refractivity contribution in [1.29, 1.82) is 0 Å². The number of carbonyl (C=O) groups is 2. The zero-order valence-corrected chi connectivity index (χ0v) is 16.3. The summed E-state index contributed by atoms with van der Waals surface area (Å²) in [5.74, 6) is -0.651. The Kier molecular flexibility index (Phi) is 5.71. The maximum Gasteiger partial charge on any atom is 0.233 e. The van der Waals surface area contributed by atoms with E-state index in [9.17, 15) is 22.4 Å². The van der Waals surface area contributed by atoms with Gasteiger partial charge in [-0.2, -0.15) is 4.39 Å². The van der Waals surface area contributed by atoms with E-state index in [4.69, 9.17) is 0 Å². The van der Waals surface area contributed by atoms with E-state index < -0.39 is 20.9 Å². The first-order valence-electron chi connectivity index (χ1n) is 8.46. The molecule has 3 rings (SSSR count). The Morgan fingerprint density at radius 2 is 2.11 bits per heavy atom. The predicted molar refractivity (Wildman–Crippen MR) is 102 cm³/mol. The third kappa shape index (κ3) is 4.98. The van der Waals surface area contributed by atoms with Crippen molar-refractivity contribution in [2.24, 2.45) is 5.92 Å². The third-order valence-corrected chi connectivity index (χ3v) is 6.48. The lowest BCUT2D eigenvalue weighted by Crippen LogP contribution is -2.23. The summed E-state index contributed by atoms with van der Waals surface area (Å²) in [5, 5.41) is 2.28. The minimum absolute atomic E-state index is 0. The van der Waals surface area contributed by atoms with Crippen molar-refractivity contribution >= 4 is 38.0 Å². The number of anilines is 1. The summed E-state index contributed by atoms with van der Waals surface area (Å²) in [6.45, 7) is 0. The number of aromatic nitrogens is 1. The smallest absolute Gasteiger partial charge is 0.233 e. The monoisotopic (exact) mass is 412 g/mol. The van der Waals surface area contributed by atoms with E-state index in [1.54, 1.807) is 12.1 Å². The van der Waals surface area contributed by atoms with Crippen LogP contribution in [-0.2, 0) is 19.4 Å². The molecule has 1 aliphatic carbocycles. The van der Waals surface area contributed by atoms with Gasteiger partial charge < -0.3 is 5.32 Å². The van der Waals surface area contributed by atoms with Crippen LogP contribution in [0.25, 0.3) is 0 Å². The molecule has 27 heavy (non-hydrogen) atoms. The lowest BCUT2D eigenvalue weighted by molar-refractivity contribution is -0.119. The summed E-state index contributed by atoms with van der Waals surface area (Å²) in [6, 6.07) is 6.15. The van der Waals surface area contributed by atoms with E-state index in [0.717, 1.165) is 30.2 Å². The molecule has 1 aromatic carbocycles. The molecule has 6 nitrogen and oxygen atoms in total. The second-order valence-corrected chi connectivity index (χ2v) is 9.73. The highest BCUT2D eigenvalue weighted by Crippen LogP contribution is 2.34. The molecular formula is C18H21FN2O4S2. The van der Waals surface area contributed by atoms with E-state index in [1.165, 1.54) is 12.1 Å². The first kappa shape index (κ1) is 19.6. The number of Topliss-reactive ketones (excluding diaryl/α,β-unsaturated/α-hetero) is 1. The number of nitrogens with one attached hydrogen (secondary N) is 1. The first-order chi connectivity index (χ1) is 12.7. The van der Waals surface area contributed by atoms with Crippen LogP contribution in [0.3, 0.4) is 0 Å². The van der Waals surface area contributed by atoms with E-state index >= 15 is 0 Å². The number of benzene rings is 1. The number of ketones is 1. The van der Waals surface area contributed by atoms with Gasteiger partial charge in [-0.05, 0) is 36.5 Å². The Morgan fingerprint density at radius 1 is 1.41 bits per heavy atom. The Balaban J connectivity index is 0.00000280. The number of sulfone groups is 1. The Labute approximate surface area is 162 Å². The van der Waals surface area contributed by atoms with Gasteiger partial charge in [-0.15, -0.1) is 0 Å². The highest BCUT2D eigenvalue weighted by molar-refractivity contribution is 7.90. The molecular weight excluding hydrogens is 391 g/mol. The quantitative estimate of drug-likeness (QED) is 0.785. The summed E-state index contributed by atoms with van der Waals surface area (Å²) in [6.07, 6.45) is 4.31. The Morgan fingerprint density at radius 3 is 2.63 bits per heavy atom. The lowest BCUT2D eigenvalue weighted by atomic mass is 9.87. The highest BCUT2D eigenvalue weighted by atomic mass is 32.2. The second-order valence-electron chi connectivity index (χ2n) is 6.74.